The Bertz CT molecular complexity index is 969. The first-order valence-corrected chi connectivity index (χ1v) is 10.4. The highest BCUT2D eigenvalue weighted by Crippen LogP contribution is 2.42. The van der Waals surface area contributed by atoms with Gasteiger partial charge in [-0.25, -0.2) is 9.97 Å². The largest absolute Gasteiger partial charge is 0.337 e. The minimum Gasteiger partial charge on any atom is -0.337 e. The van der Waals surface area contributed by atoms with Crippen molar-refractivity contribution >= 4 is 23.6 Å². The second kappa shape index (κ2) is 7.27. The number of carbonyl (C=O) groups excluding carboxylic acids is 1. The summed E-state index contributed by atoms with van der Waals surface area (Å²) in [6, 6.07) is 7.83. The minimum atomic E-state index is 0.120. The number of fused-ring (bicyclic) bond motifs is 1. The third-order valence-electron chi connectivity index (χ3n) is 5.26. The summed E-state index contributed by atoms with van der Waals surface area (Å²) in [6.45, 7) is 2.86. The molecule has 1 amide bonds. The molecule has 1 fully saturated rings. The molecule has 28 heavy (non-hydrogen) atoms. The fraction of sp³-hybridized carbons (Fsp3) is 0.300. The SMILES string of the molecule is O=C(c1ccn2c1CSC2c1cccnc1)N1CCN(c2ncccn2)CC1. The van der Waals surface area contributed by atoms with Gasteiger partial charge in [-0.2, -0.15) is 0 Å². The zero-order valence-electron chi connectivity index (χ0n) is 15.3. The second-order valence-electron chi connectivity index (χ2n) is 6.86. The van der Waals surface area contributed by atoms with Crippen molar-refractivity contribution in [2.45, 2.75) is 11.1 Å². The smallest absolute Gasteiger partial charge is 0.255 e. The summed E-state index contributed by atoms with van der Waals surface area (Å²) >= 11 is 1.83. The van der Waals surface area contributed by atoms with Gasteiger partial charge in [0.2, 0.25) is 5.95 Å². The summed E-state index contributed by atoms with van der Waals surface area (Å²) in [4.78, 5) is 30.1. The third-order valence-corrected chi connectivity index (χ3v) is 6.51. The Hall–Kier alpha value is -2.87. The predicted molar refractivity (Wildman–Crippen MR) is 108 cm³/mol. The zero-order chi connectivity index (χ0) is 18.9. The molecule has 0 radical (unpaired) electrons. The number of pyridine rings is 1. The average Bonchev–Trinajstić information content (AvgIpc) is 3.37. The molecule has 0 spiro atoms. The number of anilines is 1. The van der Waals surface area contributed by atoms with E-state index in [2.05, 4.69) is 30.5 Å². The van der Waals surface area contributed by atoms with E-state index >= 15 is 0 Å². The van der Waals surface area contributed by atoms with E-state index in [9.17, 15) is 4.79 Å². The van der Waals surface area contributed by atoms with Crippen LogP contribution >= 0.6 is 11.8 Å². The molecule has 2 aliphatic rings. The molecule has 0 saturated carbocycles. The van der Waals surface area contributed by atoms with E-state index in [-0.39, 0.29) is 11.3 Å². The van der Waals surface area contributed by atoms with Crippen LogP contribution in [0.5, 0.6) is 0 Å². The van der Waals surface area contributed by atoms with Gasteiger partial charge in [0.15, 0.2) is 0 Å². The lowest BCUT2D eigenvalue weighted by Crippen LogP contribution is -2.49. The van der Waals surface area contributed by atoms with Crippen LogP contribution in [0, 0.1) is 0 Å². The van der Waals surface area contributed by atoms with E-state index in [1.54, 1.807) is 18.6 Å². The summed E-state index contributed by atoms with van der Waals surface area (Å²) in [5.41, 5.74) is 3.10. The normalized spacial score (nSPS) is 18.9. The maximum Gasteiger partial charge on any atom is 0.255 e. The van der Waals surface area contributed by atoms with Gasteiger partial charge < -0.3 is 14.4 Å². The fourth-order valence-electron chi connectivity index (χ4n) is 3.80. The van der Waals surface area contributed by atoms with Crippen molar-refractivity contribution in [3.05, 3.63) is 72.1 Å². The Labute approximate surface area is 167 Å². The monoisotopic (exact) mass is 392 g/mol. The van der Waals surface area contributed by atoms with Crippen LogP contribution in [-0.2, 0) is 5.75 Å². The van der Waals surface area contributed by atoms with Crippen molar-refractivity contribution in [1.82, 2.24) is 24.4 Å². The van der Waals surface area contributed by atoms with Crippen LogP contribution in [0.3, 0.4) is 0 Å². The molecular weight excluding hydrogens is 372 g/mol. The number of hydrogen-bond acceptors (Lipinski definition) is 6. The molecule has 3 aromatic heterocycles. The molecule has 1 saturated heterocycles. The Balaban J connectivity index is 1.30. The van der Waals surface area contributed by atoms with Gasteiger partial charge in [-0.15, -0.1) is 11.8 Å². The van der Waals surface area contributed by atoms with Gasteiger partial charge in [0.25, 0.3) is 5.91 Å². The van der Waals surface area contributed by atoms with E-state index in [0.29, 0.717) is 13.1 Å². The highest BCUT2D eigenvalue weighted by atomic mass is 32.2. The van der Waals surface area contributed by atoms with Gasteiger partial charge >= 0.3 is 0 Å². The Morgan fingerprint density at radius 2 is 1.86 bits per heavy atom. The highest BCUT2D eigenvalue weighted by molar-refractivity contribution is 7.99. The molecule has 8 heteroatoms. The first-order valence-electron chi connectivity index (χ1n) is 9.34. The van der Waals surface area contributed by atoms with Gasteiger partial charge in [0.1, 0.15) is 5.37 Å². The van der Waals surface area contributed by atoms with E-state index < -0.39 is 0 Å². The molecule has 5 rings (SSSR count). The number of carbonyl (C=O) groups is 1. The molecule has 0 aliphatic carbocycles. The van der Waals surface area contributed by atoms with Gasteiger partial charge in [0.05, 0.1) is 5.56 Å². The average molecular weight is 392 g/mol. The number of hydrogen-bond donors (Lipinski definition) is 0. The van der Waals surface area contributed by atoms with Crippen molar-refractivity contribution in [3.63, 3.8) is 0 Å². The van der Waals surface area contributed by atoms with Gasteiger partial charge in [0, 0.05) is 74.2 Å². The molecule has 0 aromatic carbocycles. The van der Waals surface area contributed by atoms with E-state index in [1.165, 1.54) is 0 Å². The van der Waals surface area contributed by atoms with Gasteiger partial charge in [-0.1, -0.05) is 6.07 Å². The standard InChI is InChI=1S/C20H20N6OS/c27-18(24-9-11-25(12-10-24)20-22-6-2-7-23-20)16-4-8-26-17(16)14-28-19(26)15-3-1-5-21-13-15/h1-8,13,19H,9-12,14H2. The van der Waals surface area contributed by atoms with Crippen molar-refractivity contribution in [2.75, 3.05) is 31.1 Å². The molecule has 1 atom stereocenters. The topological polar surface area (TPSA) is 67.2 Å². The van der Waals surface area contributed by atoms with E-state index in [4.69, 9.17) is 0 Å². The molecular formula is C20H20N6OS. The van der Waals surface area contributed by atoms with Crippen LogP contribution in [0.1, 0.15) is 27.0 Å². The number of thioether (sulfide) groups is 1. The first kappa shape index (κ1) is 17.2. The lowest BCUT2D eigenvalue weighted by Gasteiger charge is -2.34. The van der Waals surface area contributed by atoms with Gasteiger partial charge in [-0.05, 0) is 18.2 Å². The fourth-order valence-corrected chi connectivity index (χ4v) is 5.11. The molecule has 2 aliphatic heterocycles. The van der Waals surface area contributed by atoms with Crippen LogP contribution < -0.4 is 4.90 Å². The van der Waals surface area contributed by atoms with Crippen LogP contribution in [-0.4, -0.2) is 56.5 Å². The minimum absolute atomic E-state index is 0.120. The Kier molecular flexibility index (Phi) is 4.48. The van der Waals surface area contributed by atoms with Crippen molar-refractivity contribution in [3.8, 4) is 0 Å². The number of aromatic nitrogens is 4. The summed E-state index contributed by atoms with van der Waals surface area (Å²) in [5.74, 6) is 1.69. The van der Waals surface area contributed by atoms with Crippen LogP contribution in [0.15, 0.2) is 55.2 Å². The van der Waals surface area contributed by atoms with Crippen LogP contribution in [0.4, 0.5) is 5.95 Å². The molecule has 7 nitrogen and oxygen atoms in total. The van der Waals surface area contributed by atoms with Gasteiger partial charge in [-0.3, -0.25) is 9.78 Å². The third kappa shape index (κ3) is 3.03. The highest BCUT2D eigenvalue weighted by Gasteiger charge is 2.31. The molecule has 0 bridgehead atoms. The molecule has 3 aromatic rings. The number of piperazine rings is 1. The molecule has 142 valence electrons. The number of amides is 1. The second-order valence-corrected chi connectivity index (χ2v) is 7.93. The predicted octanol–water partition coefficient (Wildman–Crippen LogP) is 2.43. The van der Waals surface area contributed by atoms with Crippen molar-refractivity contribution in [2.24, 2.45) is 0 Å². The van der Waals surface area contributed by atoms with Crippen molar-refractivity contribution < 1.29 is 4.79 Å². The number of nitrogens with zero attached hydrogens (tertiary/aromatic N) is 6. The van der Waals surface area contributed by atoms with E-state index in [0.717, 1.165) is 41.6 Å². The van der Waals surface area contributed by atoms with Crippen LogP contribution in [0.25, 0.3) is 0 Å². The molecule has 1 unspecified atom stereocenters. The summed E-state index contributed by atoms with van der Waals surface area (Å²) in [6.07, 6.45) is 9.23. The first-order chi connectivity index (χ1) is 13.8. The summed E-state index contributed by atoms with van der Waals surface area (Å²) < 4.78 is 2.21. The van der Waals surface area contributed by atoms with Crippen LogP contribution in [0.2, 0.25) is 0 Å². The Morgan fingerprint density at radius 1 is 1.04 bits per heavy atom. The van der Waals surface area contributed by atoms with E-state index in [1.807, 2.05) is 47.3 Å². The summed E-state index contributed by atoms with van der Waals surface area (Å²) in [5, 5.41) is 0.192. The molecule has 5 heterocycles. The van der Waals surface area contributed by atoms with Crippen molar-refractivity contribution in [1.29, 1.82) is 0 Å². The lowest BCUT2D eigenvalue weighted by atomic mass is 10.2. The molecule has 0 N–H and O–H groups in total. The quantitative estimate of drug-likeness (QED) is 0.682. The summed E-state index contributed by atoms with van der Waals surface area (Å²) in [7, 11) is 0. The number of rotatable bonds is 3. The maximum atomic E-state index is 13.1. The lowest BCUT2D eigenvalue weighted by molar-refractivity contribution is 0.0745. The maximum absolute atomic E-state index is 13.1. The zero-order valence-corrected chi connectivity index (χ0v) is 16.1. The Morgan fingerprint density at radius 3 is 2.61 bits per heavy atom.